The molecule has 1 atom stereocenters. The molecule has 0 fully saturated rings. The second-order valence-electron chi connectivity index (χ2n) is 3.26. The summed E-state index contributed by atoms with van der Waals surface area (Å²) >= 11 is 11.8. The number of rotatable bonds is 4. The van der Waals surface area contributed by atoms with E-state index >= 15 is 0 Å². The third kappa shape index (κ3) is 3.43. The summed E-state index contributed by atoms with van der Waals surface area (Å²) in [5.74, 6) is 2.63. The van der Waals surface area contributed by atoms with E-state index in [9.17, 15) is 0 Å². The Kier molecular flexibility index (Phi) is 4.98. The predicted molar refractivity (Wildman–Crippen MR) is 66.3 cm³/mol. The van der Waals surface area contributed by atoms with E-state index in [1.165, 1.54) is 0 Å². The molecule has 0 bridgehead atoms. The molecule has 0 aliphatic heterocycles. The summed E-state index contributed by atoms with van der Waals surface area (Å²) in [4.78, 5) is 0. The fourth-order valence-corrected chi connectivity index (χ4v) is 1.74. The molecular formula is C12H13Cl2N. The van der Waals surface area contributed by atoms with Gasteiger partial charge in [0, 0.05) is 12.5 Å². The molecule has 1 unspecified atom stereocenters. The summed E-state index contributed by atoms with van der Waals surface area (Å²) < 4.78 is 0. The quantitative estimate of drug-likeness (QED) is 0.794. The molecule has 1 nitrogen and oxygen atoms in total. The molecular weight excluding hydrogens is 229 g/mol. The van der Waals surface area contributed by atoms with Gasteiger partial charge in [0.05, 0.1) is 10.0 Å². The summed E-state index contributed by atoms with van der Waals surface area (Å²) in [6, 6.07) is 5.88. The van der Waals surface area contributed by atoms with E-state index in [0.29, 0.717) is 10.0 Å². The molecule has 0 saturated heterocycles. The van der Waals surface area contributed by atoms with Crippen LogP contribution in [0.4, 0.5) is 0 Å². The van der Waals surface area contributed by atoms with E-state index in [-0.39, 0.29) is 6.04 Å². The Morgan fingerprint density at radius 1 is 1.40 bits per heavy atom. The second kappa shape index (κ2) is 6.02. The van der Waals surface area contributed by atoms with Gasteiger partial charge in [0.15, 0.2) is 0 Å². The van der Waals surface area contributed by atoms with Gasteiger partial charge in [-0.2, -0.15) is 0 Å². The van der Waals surface area contributed by atoms with E-state index in [0.717, 1.165) is 18.4 Å². The lowest BCUT2D eigenvalue weighted by Crippen LogP contribution is -2.16. The normalized spacial score (nSPS) is 12.1. The monoisotopic (exact) mass is 241 g/mol. The van der Waals surface area contributed by atoms with Crippen molar-refractivity contribution < 1.29 is 0 Å². The Labute approximate surface area is 101 Å². The highest BCUT2D eigenvalue weighted by atomic mass is 35.5. The molecule has 0 amide bonds. The van der Waals surface area contributed by atoms with Crippen molar-refractivity contribution in [2.45, 2.75) is 18.9 Å². The highest BCUT2D eigenvalue weighted by Crippen LogP contribution is 2.27. The smallest absolute Gasteiger partial charge is 0.0595 e. The van der Waals surface area contributed by atoms with Crippen LogP contribution in [-0.4, -0.2) is 7.05 Å². The Morgan fingerprint density at radius 2 is 2.13 bits per heavy atom. The van der Waals surface area contributed by atoms with Gasteiger partial charge >= 0.3 is 0 Å². The highest BCUT2D eigenvalue weighted by molar-refractivity contribution is 6.42. The Morgan fingerprint density at radius 3 is 2.67 bits per heavy atom. The zero-order valence-electron chi connectivity index (χ0n) is 8.56. The van der Waals surface area contributed by atoms with Crippen LogP contribution in [0.15, 0.2) is 18.2 Å². The van der Waals surface area contributed by atoms with Crippen molar-refractivity contribution in [1.82, 2.24) is 5.32 Å². The topological polar surface area (TPSA) is 12.0 Å². The predicted octanol–water partition coefficient (Wildman–Crippen LogP) is 3.67. The maximum atomic E-state index is 5.95. The minimum atomic E-state index is 0.232. The van der Waals surface area contributed by atoms with Crippen molar-refractivity contribution in [2.24, 2.45) is 0 Å². The molecule has 0 spiro atoms. The zero-order valence-corrected chi connectivity index (χ0v) is 10.1. The van der Waals surface area contributed by atoms with E-state index < -0.39 is 0 Å². The van der Waals surface area contributed by atoms with Gasteiger partial charge < -0.3 is 5.32 Å². The van der Waals surface area contributed by atoms with Crippen molar-refractivity contribution in [3.05, 3.63) is 33.8 Å². The first kappa shape index (κ1) is 12.4. The van der Waals surface area contributed by atoms with Crippen LogP contribution in [0.25, 0.3) is 0 Å². The lowest BCUT2D eigenvalue weighted by molar-refractivity contribution is 0.558. The first-order valence-electron chi connectivity index (χ1n) is 4.74. The van der Waals surface area contributed by atoms with E-state index in [1.807, 2.05) is 19.2 Å². The van der Waals surface area contributed by atoms with Crippen LogP contribution in [0.2, 0.25) is 10.0 Å². The summed E-state index contributed by atoms with van der Waals surface area (Å²) in [7, 11) is 1.91. The summed E-state index contributed by atoms with van der Waals surface area (Å²) in [6.07, 6.45) is 6.87. The van der Waals surface area contributed by atoms with Crippen LogP contribution in [0, 0.1) is 12.3 Å². The summed E-state index contributed by atoms with van der Waals surface area (Å²) in [5, 5.41) is 4.36. The van der Waals surface area contributed by atoms with Crippen molar-refractivity contribution in [2.75, 3.05) is 7.05 Å². The molecule has 0 aliphatic rings. The van der Waals surface area contributed by atoms with Crippen LogP contribution in [0.3, 0.4) is 0 Å². The molecule has 1 N–H and O–H groups in total. The van der Waals surface area contributed by atoms with Crippen LogP contribution in [-0.2, 0) is 0 Å². The van der Waals surface area contributed by atoms with Crippen LogP contribution in [0.1, 0.15) is 24.4 Å². The second-order valence-corrected chi connectivity index (χ2v) is 4.07. The van der Waals surface area contributed by atoms with Gasteiger partial charge in [-0.05, 0) is 31.2 Å². The maximum absolute atomic E-state index is 5.95. The van der Waals surface area contributed by atoms with Crippen LogP contribution in [0.5, 0.6) is 0 Å². The molecule has 1 aromatic carbocycles. The SMILES string of the molecule is C#CCCC(NC)c1ccc(Cl)c(Cl)c1. The van der Waals surface area contributed by atoms with Gasteiger partial charge in [0.25, 0.3) is 0 Å². The Hall–Kier alpha value is -0.680. The molecule has 0 aliphatic carbocycles. The number of benzene rings is 1. The van der Waals surface area contributed by atoms with Crippen LogP contribution < -0.4 is 5.32 Å². The lowest BCUT2D eigenvalue weighted by atomic mass is 10.0. The number of terminal acetylenes is 1. The van der Waals surface area contributed by atoms with E-state index in [1.54, 1.807) is 6.07 Å². The molecule has 15 heavy (non-hydrogen) atoms. The first-order valence-corrected chi connectivity index (χ1v) is 5.50. The fourth-order valence-electron chi connectivity index (χ4n) is 1.43. The van der Waals surface area contributed by atoms with E-state index in [4.69, 9.17) is 29.6 Å². The van der Waals surface area contributed by atoms with Gasteiger partial charge in [0.1, 0.15) is 0 Å². The maximum Gasteiger partial charge on any atom is 0.0595 e. The Bertz CT molecular complexity index is 368. The number of hydrogen-bond donors (Lipinski definition) is 1. The van der Waals surface area contributed by atoms with E-state index in [2.05, 4.69) is 11.2 Å². The minimum Gasteiger partial charge on any atom is -0.313 e. The highest BCUT2D eigenvalue weighted by Gasteiger charge is 2.09. The molecule has 0 aromatic heterocycles. The number of nitrogens with one attached hydrogen (secondary N) is 1. The van der Waals surface area contributed by atoms with Crippen molar-refractivity contribution in [3.63, 3.8) is 0 Å². The summed E-state index contributed by atoms with van der Waals surface area (Å²) in [5.41, 5.74) is 1.11. The van der Waals surface area contributed by atoms with Gasteiger partial charge in [-0.15, -0.1) is 12.3 Å². The molecule has 0 radical (unpaired) electrons. The first-order chi connectivity index (χ1) is 7.19. The van der Waals surface area contributed by atoms with Gasteiger partial charge in [0.2, 0.25) is 0 Å². The average Bonchev–Trinajstić information content (AvgIpc) is 2.24. The third-order valence-electron chi connectivity index (χ3n) is 2.27. The van der Waals surface area contributed by atoms with Crippen molar-refractivity contribution in [1.29, 1.82) is 0 Å². The van der Waals surface area contributed by atoms with Gasteiger partial charge in [-0.25, -0.2) is 0 Å². The lowest BCUT2D eigenvalue weighted by Gasteiger charge is -2.15. The minimum absolute atomic E-state index is 0.232. The molecule has 3 heteroatoms. The zero-order chi connectivity index (χ0) is 11.3. The molecule has 80 valence electrons. The molecule has 1 aromatic rings. The Balaban J connectivity index is 2.83. The molecule has 0 saturated carbocycles. The van der Waals surface area contributed by atoms with Crippen molar-refractivity contribution >= 4 is 23.2 Å². The molecule has 1 rings (SSSR count). The largest absolute Gasteiger partial charge is 0.313 e. The number of hydrogen-bond acceptors (Lipinski definition) is 1. The number of halogens is 2. The van der Waals surface area contributed by atoms with Crippen LogP contribution >= 0.6 is 23.2 Å². The molecule has 0 heterocycles. The standard InChI is InChI=1S/C12H13Cl2N/c1-3-4-5-12(15-2)9-6-7-10(13)11(14)8-9/h1,6-8,12,15H,4-5H2,2H3. The average molecular weight is 242 g/mol. The summed E-state index contributed by atoms with van der Waals surface area (Å²) in [6.45, 7) is 0. The van der Waals surface area contributed by atoms with Gasteiger partial charge in [-0.3, -0.25) is 0 Å². The van der Waals surface area contributed by atoms with Gasteiger partial charge in [-0.1, -0.05) is 29.3 Å². The van der Waals surface area contributed by atoms with Crippen molar-refractivity contribution in [3.8, 4) is 12.3 Å². The third-order valence-corrected chi connectivity index (χ3v) is 3.01. The fraction of sp³-hybridized carbons (Fsp3) is 0.333.